The van der Waals surface area contributed by atoms with E-state index in [0.717, 1.165) is 0 Å². The molecule has 20 heavy (non-hydrogen) atoms. The Morgan fingerprint density at radius 1 is 1.55 bits per heavy atom. The highest BCUT2D eigenvalue weighted by atomic mass is 19.1. The number of hydrogen-bond donors (Lipinski definition) is 2. The maximum Gasteiger partial charge on any atom is 0.407 e. The van der Waals surface area contributed by atoms with Crippen molar-refractivity contribution in [3.8, 4) is 0 Å². The molecular weight excluding hydrogens is 261 g/mol. The lowest BCUT2D eigenvalue weighted by molar-refractivity contribution is 0.0529. The number of rotatable bonds is 4. The van der Waals surface area contributed by atoms with Crippen LogP contribution in [0.5, 0.6) is 0 Å². The van der Waals surface area contributed by atoms with Gasteiger partial charge in [-0.1, -0.05) is 12.2 Å². The van der Waals surface area contributed by atoms with E-state index in [9.17, 15) is 9.18 Å². The number of nitrogens with zero attached hydrogens (tertiary/aromatic N) is 1. The van der Waals surface area contributed by atoms with Gasteiger partial charge in [-0.3, -0.25) is 0 Å². The van der Waals surface area contributed by atoms with Crippen LogP contribution < -0.4 is 11.1 Å². The predicted molar refractivity (Wildman–Crippen MR) is 76.5 cm³/mol. The summed E-state index contributed by atoms with van der Waals surface area (Å²) in [5.41, 5.74) is 5.39. The van der Waals surface area contributed by atoms with Gasteiger partial charge < -0.3 is 15.8 Å². The Morgan fingerprint density at radius 2 is 2.25 bits per heavy atom. The molecule has 0 unspecified atom stereocenters. The largest absolute Gasteiger partial charge is 0.444 e. The van der Waals surface area contributed by atoms with E-state index in [1.165, 1.54) is 12.3 Å². The van der Waals surface area contributed by atoms with Gasteiger partial charge in [0.2, 0.25) is 0 Å². The van der Waals surface area contributed by atoms with Gasteiger partial charge in [0.1, 0.15) is 5.60 Å². The average molecular weight is 281 g/mol. The molecule has 0 aliphatic carbocycles. The highest BCUT2D eigenvalue weighted by molar-refractivity contribution is 5.67. The molecule has 0 radical (unpaired) electrons. The van der Waals surface area contributed by atoms with Crippen molar-refractivity contribution in [3.05, 3.63) is 29.7 Å². The molecule has 3 N–H and O–H groups in total. The van der Waals surface area contributed by atoms with Gasteiger partial charge >= 0.3 is 6.09 Å². The van der Waals surface area contributed by atoms with Gasteiger partial charge in [-0.15, -0.1) is 0 Å². The number of nitrogen functional groups attached to an aromatic ring is 1. The number of nitrogens with two attached hydrogens (primary N) is 1. The summed E-state index contributed by atoms with van der Waals surface area (Å²) in [5.74, 6) is -0.659. The number of amides is 1. The number of carbonyl (C=O) groups is 1. The van der Waals surface area contributed by atoms with Crippen LogP contribution in [-0.2, 0) is 4.74 Å². The van der Waals surface area contributed by atoms with Crippen molar-refractivity contribution < 1.29 is 13.9 Å². The summed E-state index contributed by atoms with van der Waals surface area (Å²) >= 11 is 0. The molecule has 6 heteroatoms. The van der Waals surface area contributed by atoms with E-state index in [2.05, 4.69) is 10.3 Å². The molecule has 0 spiro atoms. The summed E-state index contributed by atoms with van der Waals surface area (Å²) in [5, 5.41) is 2.62. The smallest absolute Gasteiger partial charge is 0.407 e. The van der Waals surface area contributed by atoms with Crippen molar-refractivity contribution >= 4 is 18.0 Å². The molecule has 5 nitrogen and oxygen atoms in total. The Morgan fingerprint density at radius 3 is 2.85 bits per heavy atom. The van der Waals surface area contributed by atoms with E-state index in [-0.39, 0.29) is 5.82 Å². The highest BCUT2D eigenvalue weighted by Crippen LogP contribution is 2.10. The molecule has 0 fully saturated rings. The minimum absolute atomic E-state index is 0.117. The monoisotopic (exact) mass is 281 g/mol. The van der Waals surface area contributed by atoms with E-state index in [1.54, 1.807) is 26.8 Å². The number of aromatic nitrogens is 1. The van der Waals surface area contributed by atoms with Crippen molar-refractivity contribution in [3.63, 3.8) is 0 Å². The maximum absolute atomic E-state index is 13.1. The van der Waals surface area contributed by atoms with Gasteiger partial charge in [-0.05, 0) is 38.8 Å². The van der Waals surface area contributed by atoms with Gasteiger partial charge in [-0.25, -0.2) is 14.2 Å². The lowest BCUT2D eigenvalue weighted by Crippen LogP contribution is -2.32. The Hall–Kier alpha value is -2.11. The van der Waals surface area contributed by atoms with E-state index in [1.807, 2.05) is 6.08 Å². The van der Waals surface area contributed by atoms with Gasteiger partial charge in [0, 0.05) is 12.7 Å². The topological polar surface area (TPSA) is 77.2 Å². The molecule has 1 rings (SSSR count). The number of anilines is 1. The first kappa shape index (κ1) is 15.9. The predicted octanol–water partition coefficient (Wildman–Crippen LogP) is 2.73. The lowest BCUT2D eigenvalue weighted by Gasteiger charge is -2.19. The Kier molecular flexibility index (Phi) is 5.49. The summed E-state index contributed by atoms with van der Waals surface area (Å²) in [6.45, 7) is 5.84. The molecule has 110 valence electrons. The third-order valence-corrected chi connectivity index (χ3v) is 2.18. The van der Waals surface area contributed by atoms with Gasteiger partial charge in [0.05, 0.1) is 0 Å². The van der Waals surface area contributed by atoms with Crippen LogP contribution >= 0.6 is 0 Å². The summed E-state index contributed by atoms with van der Waals surface area (Å²) < 4.78 is 18.2. The van der Waals surface area contributed by atoms with E-state index < -0.39 is 17.5 Å². The number of carbonyl (C=O) groups excluding carboxylic acids is 1. The van der Waals surface area contributed by atoms with Crippen molar-refractivity contribution in [1.29, 1.82) is 0 Å². The fourth-order valence-corrected chi connectivity index (χ4v) is 1.35. The van der Waals surface area contributed by atoms with Crippen LogP contribution in [0.2, 0.25) is 0 Å². The van der Waals surface area contributed by atoms with Crippen LogP contribution in [0.15, 0.2) is 18.3 Å². The summed E-state index contributed by atoms with van der Waals surface area (Å²) in [6, 6.07) is 1.31. The SMILES string of the molecule is CC(C)(C)OC(=O)NCCC=Cc1cnc(N)c(F)c1. The third kappa shape index (κ3) is 6.17. The number of pyridine rings is 1. The van der Waals surface area contributed by atoms with E-state index in [4.69, 9.17) is 10.5 Å². The average Bonchev–Trinajstić information content (AvgIpc) is 2.31. The number of nitrogens with one attached hydrogen (secondary N) is 1. The molecule has 0 bridgehead atoms. The molecule has 1 heterocycles. The first-order valence-corrected chi connectivity index (χ1v) is 6.32. The zero-order valence-electron chi connectivity index (χ0n) is 11.9. The fourth-order valence-electron chi connectivity index (χ4n) is 1.35. The van der Waals surface area contributed by atoms with Crippen molar-refractivity contribution in [1.82, 2.24) is 10.3 Å². The molecule has 0 atom stereocenters. The summed E-state index contributed by atoms with van der Waals surface area (Å²) in [4.78, 5) is 15.1. The standard InChI is InChI=1S/C14H20FN3O2/c1-14(2,3)20-13(19)17-7-5-4-6-10-8-11(15)12(16)18-9-10/h4,6,8-9H,5,7H2,1-3H3,(H2,16,18)(H,17,19). The lowest BCUT2D eigenvalue weighted by atomic mass is 10.2. The Labute approximate surface area is 118 Å². The number of alkyl carbamates (subject to hydrolysis) is 1. The third-order valence-electron chi connectivity index (χ3n) is 2.18. The van der Waals surface area contributed by atoms with E-state index in [0.29, 0.717) is 18.5 Å². The van der Waals surface area contributed by atoms with Crippen LogP contribution in [0.4, 0.5) is 15.0 Å². The molecular formula is C14H20FN3O2. The van der Waals surface area contributed by atoms with Crippen molar-refractivity contribution in [2.45, 2.75) is 32.8 Å². The minimum Gasteiger partial charge on any atom is -0.444 e. The van der Waals surface area contributed by atoms with Crippen molar-refractivity contribution in [2.75, 3.05) is 12.3 Å². The van der Waals surface area contributed by atoms with Crippen LogP contribution in [0.25, 0.3) is 6.08 Å². The van der Waals surface area contributed by atoms with Crippen LogP contribution in [0.1, 0.15) is 32.8 Å². The highest BCUT2D eigenvalue weighted by Gasteiger charge is 2.15. The molecule has 0 aliphatic heterocycles. The molecule has 0 aliphatic rings. The molecule has 1 amide bonds. The van der Waals surface area contributed by atoms with Gasteiger partial charge in [-0.2, -0.15) is 0 Å². The first-order valence-electron chi connectivity index (χ1n) is 6.32. The minimum atomic E-state index is -0.543. The molecule has 0 saturated heterocycles. The zero-order chi connectivity index (χ0) is 15.2. The number of ether oxygens (including phenoxy) is 1. The maximum atomic E-state index is 13.1. The molecule has 1 aromatic rings. The second-order valence-corrected chi connectivity index (χ2v) is 5.26. The second kappa shape index (κ2) is 6.88. The molecule has 0 aromatic carbocycles. The Balaban J connectivity index is 2.32. The molecule has 0 saturated carbocycles. The summed E-state index contributed by atoms with van der Waals surface area (Å²) in [6.07, 6.45) is 5.16. The summed E-state index contributed by atoms with van der Waals surface area (Å²) in [7, 11) is 0. The van der Waals surface area contributed by atoms with E-state index >= 15 is 0 Å². The quantitative estimate of drug-likeness (QED) is 0.832. The Bertz CT molecular complexity index is 496. The normalized spacial score (nSPS) is 11.6. The second-order valence-electron chi connectivity index (χ2n) is 5.26. The molecule has 1 aromatic heterocycles. The van der Waals surface area contributed by atoms with Gasteiger partial charge in [0.15, 0.2) is 11.6 Å². The van der Waals surface area contributed by atoms with Crippen molar-refractivity contribution in [2.24, 2.45) is 0 Å². The van der Waals surface area contributed by atoms with Crippen LogP contribution in [0.3, 0.4) is 0 Å². The van der Waals surface area contributed by atoms with Gasteiger partial charge in [0.25, 0.3) is 0 Å². The van der Waals surface area contributed by atoms with Crippen LogP contribution in [-0.4, -0.2) is 23.2 Å². The number of halogens is 1. The zero-order valence-corrected chi connectivity index (χ0v) is 11.9. The fraction of sp³-hybridized carbons (Fsp3) is 0.429. The van der Waals surface area contributed by atoms with Crippen LogP contribution in [0, 0.1) is 5.82 Å². The first-order chi connectivity index (χ1) is 9.28. The number of hydrogen-bond acceptors (Lipinski definition) is 4.